The second-order valence-corrected chi connectivity index (χ2v) is 4.80. The molecule has 0 unspecified atom stereocenters. The van der Waals surface area contributed by atoms with Gasteiger partial charge in [-0.05, 0) is 12.8 Å². The average Bonchev–Trinajstić information content (AvgIpc) is 2.48. The largest absolute Gasteiger partial charge is 0.368 e. The first kappa shape index (κ1) is 12.0. The lowest BCUT2D eigenvalue weighted by Gasteiger charge is -2.20. The molecule has 0 aliphatic heterocycles. The molecule has 1 saturated carbocycles. The van der Waals surface area contributed by atoms with Crippen LogP contribution in [0.5, 0.6) is 0 Å². The van der Waals surface area contributed by atoms with Crippen LogP contribution in [0.2, 0.25) is 0 Å². The van der Waals surface area contributed by atoms with Crippen molar-refractivity contribution in [3.05, 3.63) is 24.4 Å². The normalized spacial score (nSPS) is 16.4. The molecule has 0 bridgehead atoms. The van der Waals surface area contributed by atoms with E-state index in [1.54, 1.807) is 18.6 Å². The van der Waals surface area contributed by atoms with Gasteiger partial charge in [0.1, 0.15) is 11.5 Å². The molecule has 6 heteroatoms. The molecule has 19 heavy (non-hydrogen) atoms. The van der Waals surface area contributed by atoms with E-state index in [2.05, 4.69) is 24.9 Å². The maximum Gasteiger partial charge on any atom is 0.223 e. The SMILES string of the molecule is Nc1nc(-c2cnccn2)nc(C2CCCCC2)n1. The lowest BCUT2D eigenvalue weighted by atomic mass is 9.89. The summed E-state index contributed by atoms with van der Waals surface area (Å²) >= 11 is 0. The van der Waals surface area contributed by atoms with Gasteiger partial charge in [0.15, 0.2) is 5.82 Å². The maximum absolute atomic E-state index is 5.79. The molecule has 0 aromatic carbocycles. The Balaban J connectivity index is 1.96. The van der Waals surface area contributed by atoms with Crippen molar-refractivity contribution in [3.63, 3.8) is 0 Å². The minimum absolute atomic E-state index is 0.260. The van der Waals surface area contributed by atoms with Crippen LogP contribution >= 0.6 is 0 Å². The van der Waals surface area contributed by atoms with E-state index in [1.807, 2.05) is 0 Å². The summed E-state index contributed by atoms with van der Waals surface area (Å²) in [6.07, 6.45) is 10.9. The van der Waals surface area contributed by atoms with Crippen molar-refractivity contribution in [2.75, 3.05) is 5.73 Å². The van der Waals surface area contributed by atoms with E-state index >= 15 is 0 Å². The molecule has 6 nitrogen and oxygen atoms in total. The van der Waals surface area contributed by atoms with E-state index < -0.39 is 0 Å². The predicted molar refractivity (Wildman–Crippen MR) is 71.1 cm³/mol. The molecule has 98 valence electrons. The summed E-state index contributed by atoms with van der Waals surface area (Å²) in [4.78, 5) is 21.2. The third kappa shape index (κ3) is 2.67. The first-order chi connectivity index (χ1) is 9.33. The van der Waals surface area contributed by atoms with Crippen molar-refractivity contribution in [1.82, 2.24) is 24.9 Å². The average molecular weight is 256 g/mol. The molecule has 2 N–H and O–H groups in total. The summed E-state index contributed by atoms with van der Waals surface area (Å²) in [5.41, 5.74) is 6.43. The van der Waals surface area contributed by atoms with Crippen LogP contribution < -0.4 is 5.73 Å². The van der Waals surface area contributed by atoms with Crippen molar-refractivity contribution >= 4 is 5.95 Å². The molecule has 0 saturated heterocycles. The van der Waals surface area contributed by atoms with Crippen LogP contribution in [0, 0.1) is 0 Å². The number of nitrogens with two attached hydrogens (primary N) is 1. The highest BCUT2D eigenvalue weighted by atomic mass is 15.1. The fraction of sp³-hybridized carbons (Fsp3) is 0.462. The van der Waals surface area contributed by atoms with Gasteiger partial charge < -0.3 is 5.73 Å². The van der Waals surface area contributed by atoms with Crippen LogP contribution in [-0.4, -0.2) is 24.9 Å². The summed E-state index contributed by atoms with van der Waals surface area (Å²) in [6.45, 7) is 0. The van der Waals surface area contributed by atoms with E-state index in [0.29, 0.717) is 17.4 Å². The summed E-state index contributed by atoms with van der Waals surface area (Å²) < 4.78 is 0. The quantitative estimate of drug-likeness (QED) is 0.883. The third-order valence-corrected chi connectivity index (χ3v) is 3.43. The van der Waals surface area contributed by atoms with Crippen LogP contribution in [0.15, 0.2) is 18.6 Å². The van der Waals surface area contributed by atoms with Gasteiger partial charge in [-0.2, -0.15) is 9.97 Å². The Morgan fingerprint density at radius 3 is 2.58 bits per heavy atom. The molecule has 0 amide bonds. The minimum Gasteiger partial charge on any atom is -0.368 e. The van der Waals surface area contributed by atoms with Crippen molar-refractivity contribution in [1.29, 1.82) is 0 Å². The van der Waals surface area contributed by atoms with Gasteiger partial charge in [0, 0.05) is 18.3 Å². The Bertz CT molecular complexity index is 550. The molecule has 1 aliphatic rings. The van der Waals surface area contributed by atoms with Crippen molar-refractivity contribution < 1.29 is 0 Å². The van der Waals surface area contributed by atoms with Gasteiger partial charge in [0.25, 0.3) is 0 Å². The smallest absolute Gasteiger partial charge is 0.223 e. The highest BCUT2D eigenvalue weighted by Gasteiger charge is 2.20. The van der Waals surface area contributed by atoms with Crippen molar-refractivity contribution in [3.8, 4) is 11.5 Å². The summed E-state index contributed by atoms with van der Waals surface area (Å²) in [5, 5.41) is 0. The lowest BCUT2D eigenvalue weighted by Crippen LogP contribution is -2.12. The van der Waals surface area contributed by atoms with Crippen LogP contribution in [0.25, 0.3) is 11.5 Å². The Kier molecular flexibility index (Phi) is 3.31. The number of nitrogens with zero attached hydrogens (tertiary/aromatic N) is 5. The maximum atomic E-state index is 5.79. The molecule has 1 aliphatic carbocycles. The summed E-state index contributed by atoms with van der Waals surface area (Å²) in [5.74, 6) is 1.97. The number of hydrogen-bond donors (Lipinski definition) is 1. The monoisotopic (exact) mass is 256 g/mol. The molecular weight excluding hydrogens is 240 g/mol. The Morgan fingerprint density at radius 2 is 1.84 bits per heavy atom. The predicted octanol–water partition coefficient (Wildman–Crippen LogP) is 1.96. The minimum atomic E-state index is 0.260. The second kappa shape index (κ2) is 5.26. The molecule has 2 aromatic rings. The molecule has 0 atom stereocenters. The highest BCUT2D eigenvalue weighted by molar-refractivity contribution is 5.48. The van der Waals surface area contributed by atoms with Crippen molar-refractivity contribution in [2.45, 2.75) is 38.0 Å². The zero-order chi connectivity index (χ0) is 13.1. The number of hydrogen-bond acceptors (Lipinski definition) is 6. The van der Waals surface area contributed by atoms with Crippen LogP contribution in [0.1, 0.15) is 43.8 Å². The summed E-state index contributed by atoms with van der Waals surface area (Å²) in [6, 6.07) is 0. The fourth-order valence-electron chi connectivity index (χ4n) is 2.48. The lowest BCUT2D eigenvalue weighted by molar-refractivity contribution is 0.428. The molecule has 2 heterocycles. The third-order valence-electron chi connectivity index (χ3n) is 3.43. The number of aromatic nitrogens is 5. The zero-order valence-corrected chi connectivity index (χ0v) is 10.7. The van der Waals surface area contributed by atoms with Gasteiger partial charge in [-0.15, -0.1) is 0 Å². The molecule has 3 rings (SSSR count). The first-order valence-electron chi connectivity index (χ1n) is 6.61. The van der Waals surface area contributed by atoms with E-state index in [-0.39, 0.29) is 5.95 Å². The number of anilines is 1. The Morgan fingerprint density at radius 1 is 1.00 bits per heavy atom. The standard InChI is InChI=1S/C13H16N6/c14-13-18-11(9-4-2-1-3-5-9)17-12(19-13)10-8-15-6-7-16-10/h6-9H,1-5H2,(H2,14,17,18,19). The zero-order valence-electron chi connectivity index (χ0n) is 10.7. The van der Waals surface area contributed by atoms with Gasteiger partial charge >= 0.3 is 0 Å². The molecular formula is C13H16N6. The van der Waals surface area contributed by atoms with Gasteiger partial charge in [0.2, 0.25) is 5.95 Å². The molecule has 2 aromatic heterocycles. The first-order valence-corrected chi connectivity index (χ1v) is 6.61. The van der Waals surface area contributed by atoms with Crippen LogP contribution in [0.4, 0.5) is 5.95 Å². The highest BCUT2D eigenvalue weighted by Crippen LogP contribution is 2.31. The molecule has 0 radical (unpaired) electrons. The van der Waals surface area contributed by atoms with Gasteiger partial charge in [-0.25, -0.2) is 9.97 Å². The fourth-order valence-corrected chi connectivity index (χ4v) is 2.48. The van der Waals surface area contributed by atoms with E-state index in [0.717, 1.165) is 18.7 Å². The topological polar surface area (TPSA) is 90.5 Å². The molecule has 1 fully saturated rings. The second-order valence-electron chi connectivity index (χ2n) is 4.80. The van der Waals surface area contributed by atoms with E-state index in [4.69, 9.17) is 5.73 Å². The number of rotatable bonds is 2. The van der Waals surface area contributed by atoms with Gasteiger partial charge in [-0.3, -0.25) is 4.98 Å². The summed E-state index contributed by atoms with van der Waals surface area (Å²) in [7, 11) is 0. The van der Waals surface area contributed by atoms with Crippen molar-refractivity contribution in [2.24, 2.45) is 0 Å². The van der Waals surface area contributed by atoms with Gasteiger partial charge in [-0.1, -0.05) is 19.3 Å². The van der Waals surface area contributed by atoms with Gasteiger partial charge in [0.05, 0.1) is 6.20 Å². The molecule has 0 spiro atoms. The van der Waals surface area contributed by atoms with Crippen LogP contribution in [0.3, 0.4) is 0 Å². The Hall–Kier alpha value is -2.11. The Labute approximate surface area is 111 Å². The van der Waals surface area contributed by atoms with Crippen LogP contribution in [-0.2, 0) is 0 Å². The van der Waals surface area contributed by atoms with E-state index in [1.165, 1.54) is 19.3 Å². The number of nitrogen functional groups attached to an aromatic ring is 1. The van der Waals surface area contributed by atoms with E-state index in [9.17, 15) is 0 Å².